The summed E-state index contributed by atoms with van der Waals surface area (Å²) in [5.74, 6) is -0.449. The third kappa shape index (κ3) is 4.20. The van der Waals surface area contributed by atoms with Crippen LogP contribution in [0.1, 0.15) is 45.2 Å². The zero-order valence-corrected chi connectivity index (χ0v) is 13.9. The molecular formula is C17H22FN3O2. The van der Waals surface area contributed by atoms with E-state index in [-0.39, 0.29) is 29.8 Å². The van der Waals surface area contributed by atoms with Crippen LogP contribution >= 0.6 is 0 Å². The molecular weight excluding hydrogens is 297 g/mol. The van der Waals surface area contributed by atoms with Crippen molar-refractivity contribution in [1.29, 1.82) is 5.26 Å². The highest BCUT2D eigenvalue weighted by molar-refractivity contribution is 5.74. The maximum atomic E-state index is 13.7. The summed E-state index contributed by atoms with van der Waals surface area (Å²) in [6.07, 6.45) is 0.700. The number of nitrogens with one attached hydrogen (secondary N) is 2. The topological polar surface area (TPSA) is 74.2 Å². The van der Waals surface area contributed by atoms with Crippen LogP contribution in [0.15, 0.2) is 18.2 Å². The van der Waals surface area contributed by atoms with Gasteiger partial charge in [0.05, 0.1) is 28.9 Å². The number of hydrogen-bond acceptors (Lipinski definition) is 3. The van der Waals surface area contributed by atoms with Crippen LogP contribution in [0.5, 0.6) is 0 Å². The Labute approximate surface area is 135 Å². The molecule has 1 saturated heterocycles. The average molecular weight is 319 g/mol. The highest BCUT2D eigenvalue weighted by Crippen LogP contribution is 2.37. The quantitative estimate of drug-likeness (QED) is 0.899. The number of carbonyl (C=O) groups excluding carboxylic acids is 1. The molecule has 1 fully saturated rings. The van der Waals surface area contributed by atoms with Gasteiger partial charge in [-0.1, -0.05) is 0 Å². The predicted octanol–water partition coefficient (Wildman–Crippen LogP) is 2.84. The number of nitrogens with zero attached hydrogens (tertiary/aromatic N) is 1. The zero-order chi connectivity index (χ0) is 17.3. The Kier molecular flexibility index (Phi) is 4.62. The molecule has 23 heavy (non-hydrogen) atoms. The van der Waals surface area contributed by atoms with Gasteiger partial charge in [0.2, 0.25) is 0 Å². The molecule has 0 spiro atoms. The SMILES string of the molecule is CC1(C)C[C@H](NC(=O)NCc2cc(C#N)ccc2F)C(C)(C)O1. The van der Waals surface area contributed by atoms with Gasteiger partial charge in [0.25, 0.3) is 0 Å². The highest BCUT2D eigenvalue weighted by atomic mass is 19.1. The van der Waals surface area contributed by atoms with E-state index in [9.17, 15) is 9.18 Å². The summed E-state index contributed by atoms with van der Waals surface area (Å²) in [6.45, 7) is 7.85. The third-order valence-corrected chi connectivity index (χ3v) is 3.99. The fourth-order valence-corrected chi connectivity index (χ4v) is 2.95. The Morgan fingerprint density at radius 2 is 2.13 bits per heavy atom. The number of carbonyl (C=O) groups is 1. The minimum Gasteiger partial charge on any atom is -0.367 e. The Balaban J connectivity index is 1.95. The third-order valence-electron chi connectivity index (χ3n) is 3.99. The van der Waals surface area contributed by atoms with Gasteiger partial charge in [-0.25, -0.2) is 9.18 Å². The van der Waals surface area contributed by atoms with Gasteiger partial charge in [-0.15, -0.1) is 0 Å². The highest BCUT2D eigenvalue weighted by Gasteiger charge is 2.46. The number of nitriles is 1. The molecule has 0 saturated carbocycles. The molecule has 6 heteroatoms. The van der Waals surface area contributed by atoms with Crippen molar-refractivity contribution < 1.29 is 13.9 Å². The second-order valence-electron chi connectivity index (χ2n) is 6.97. The van der Waals surface area contributed by atoms with E-state index in [0.717, 1.165) is 0 Å². The van der Waals surface area contributed by atoms with Gasteiger partial charge < -0.3 is 15.4 Å². The molecule has 0 radical (unpaired) electrons. The molecule has 2 N–H and O–H groups in total. The first-order chi connectivity index (χ1) is 10.6. The molecule has 1 aromatic rings. The lowest BCUT2D eigenvalue weighted by Crippen LogP contribution is -2.49. The Morgan fingerprint density at radius 3 is 2.70 bits per heavy atom. The number of urea groups is 1. The Hall–Kier alpha value is -2.13. The summed E-state index contributed by atoms with van der Waals surface area (Å²) < 4.78 is 19.6. The van der Waals surface area contributed by atoms with E-state index < -0.39 is 11.4 Å². The lowest BCUT2D eigenvalue weighted by Gasteiger charge is -2.27. The van der Waals surface area contributed by atoms with Crippen LogP contribution in [0, 0.1) is 17.1 Å². The van der Waals surface area contributed by atoms with E-state index in [0.29, 0.717) is 12.0 Å². The second kappa shape index (κ2) is 6.17. The number of amides is 2. The van der Waals surface area contributed by atoms with Crippen LogP contribution in [-0.4, -0.2) is 23.3 Å². The van der Waals surface area contributed by atoms with Gasteiger partial charge in [0.15, 0.2) is 0 Å². The first-order valence-corrected chi connectivity index (χ1v) is 7.56. The normalized spacial score (nSPS) is 21.5. The molecule has 1 aliphatic rings. The summed E-state index contributed by atoms with van der Waals surface area (Å²) in [7, 11) is 0. The summed E-state index contributed by atoms with van der Waals surface area (Å²) in [5.41, 5.74) is -0.126. The van der Waals surface area contributed by atoms with E-state index in [4.69, 9.17) is 10.00 Å². The van der Waals surface area contributed by atoms with Crippen LogP contribution in [-0.2, 0) is 11.3 Å². The molecule has 0 unspecified atom stereocenters. The summed E-state index contributed by atoms with van der Waals surface area (Å²) in [4.78, 5) is 12.1. The second-order valence-corrected chi connectivity index (χ2v) is 6.97. The smallest absolute Gasteiger partial charge is 0.315 e. The molecule has 1 aromatic carbocycles. The maximum Gasteiger partial charge on any atom is 0.315 e. The molecule has 0 bridgehead atoms. The fourth-order valence-electron chi connectivity index (χ4n) is 2.95. The van der Waals surface area contributed by atoms with Crippen molar-refractivity contribution in [2.45, 2.75) is 57.9 Å². The number of halogens is 1. The molecule has 2 rings (SSSR count). The Bertz CT molecular complexity index is 650. The average Bonchev–Trinajstić information content (AvgIpc) is 2.65. The monoisotopic (exact) mass is 319 g/mol. The fraction of sp³-hybridized carbons (Fsp3) is 0.529. The van der Waals surface area contributed by atoms with E-state index in [1.54, 1.807) is 0 Å². The number of rotatable bonds is 3. The van der Waals surface area contributed by atoms with Crippen molar-refractivity contribution in [3.8, 4) is 6.07 Å². The number of benzene rings is 1. The van der Waals surface area contributed by atoms with Crippen molar-refractivity contribution in [2.75, 3.05) is 0 Å². The summed E-state index contributed by atoms with van der Waals surface area (Å²) >= 11 is 0. The molecule has 1 aliphatic heterocycles. The van der Waals surface area contributed by atoms with Crippen LogP contribution in [0.2, 0.25) is 0 Å². The van der Waals surface area contributed by atoms with Gasteiger partial charge in [-0.3, -0.25) is 0 Å². The van der Waals surface area contributed by atoms with Gasteiger partial charge in [0.1, 0.15) is 5.82 Å². The summed E-state index contributed by atoms with van der Waals surface area (Å²) in [5, 5.41) is 14.3. The number of ether oxygens (including phenoxy) is 1. The molecule has 0 aliphatic carbocycles. The maximum absolute atomic E-state index is 13.7. The first kappa shape index (κ1) is 17.2. The molecule has 1 heterocycles. The first-order valence-electron chi connectivity index (χ1n) is 7.56. The Morgan fingerprint density at radius 1 is 1.43 bits per heavy atom. The predicted molar refractivity (Wildman–Crippen MR) is 84.1 cm³/mol. The zero-order valence-electron chi connectivity index (χ0n) is 13.9. The molecule has 5 nitrogen and oxygen atoms in total. The molecule has 1 atom stereocenters. The van der Waals surface area contributed by atoms with Gasteiger partial charge in [-0.2, -0.15) is 5.26 Å². The lowest BCUT2D eigenvalue weighted by atomic mass is 9.95. The molecule has 0 aromatic heterocycles. The summed E-state index contributed by atoms with van der Waals surface area (Å²) in [6, 6.07) is 5.49. The standard InChI is InChI=1S/C17H22FN3O2/c1-16(2)8-14(17(3,4)23-16)21-15(22)20-10-12-7-11(9-19)5-6-13(12)18/h5-7,14H,8,10H2,1-4H3,(H2,20,21,22)/t14-/m0/s1. The number of hydrogen-bond donors (Lipinski definition) is 2. The van der Waals surface area contributed by atoms with E-state index in [1.807, 2.05) is 33.8 Å². The van der Waals surface area contributed by atoms with E-state index >= 15 is 0 Å². The lowest BCUT2D eigenvalue weighted by molar-refractivity contribution is -0.0690. The van der Waals surface area contributed by atoms with Crippen LogP contribution in [0.25, 0.3) is 0 Å². The van der Waals surface area contributed by atoms with Crippen molar-refractivity contribution in [1.82, 2.24) is 10.6 Å². The minimum absolute atomic E-state index is 0.0184. The molecule has 124 valence electrons. The van der Waals surface area contributed by atoms with Crippen LogP contribution in [0.4, 0.5) is 9.18 Å². The van der Waals surface area contributed by atoms with Gasteiger partial charge in [0, 0.05) is 12.1 Å². The van der Waals surface area contributed by atoms with E-state index in [1.165, 1.54) is 18.2 Å². The van der Waals surface area contributed by atoms with Gasteiger partial charge >= 0.3 is 6.03 Å². The van der Waals surface area contributed by atoms with E-state index in [2.05, 4.69) is 10.6 Å². The van der Waals surface area contributed by atoms with Crippen LogP contribution in [0.3, 0.4) is 0 Å². The van der Waals surface area contributed by atoms with Gasteiger partial charge in [-0.05, 0) is 52.3 Å². The minimum atomic E-state index is -0.465. The molecule has 2 amide bonds. The van der Waals surface area contributed by atoms with Crippen molar-refractivity contribution in [3.05, 3.63) is 35.1 Å². The van der Waals surface area contributed by atoms with Crippen LogP contribution < -0.4 is 10.6 Å². The van der Waals surface area contributed by atoms with Crippen molar-refractivity contribution in [3.63, 3.8) is 0 Å². The van der Waals surface area contributed by atoms with Crippen molar-refractivity contribution >= 4 is 6.03 Å². The van der Waals surface area contributed by atoms with Crippen molar-refractivity contribution in [2.24, 2.45) is 0 Å². The largest absolute Gasteiger partial charge is 0.367 e.